The average molecular weight is 1520 g/mol. The molecule has 0 saturated heterocycles. The number of hydrogen-bond donors (Lipinski definition) is 0. The zero-order valence-corrected chi connectivity index (χ0v) is 59.7. The molecule has 0 aliphatic carbocycles. The van der Waals surface area contributed by atoms with Gasteiger partial charge in [-0.15, -0.1) is 0 Å². The van der Waals surface area contributed by atoms with Crippen molar-refractivity contribution in [3.8, 4) is 0 Å². The predicted octanol–water partition coefficient (Wildman–Crippen LogP) is 22.9. The first-order chi connectivity index (χ1) is 52.1. The van der Waals surface area contributed by atoms with E-state index in [2.05, 4.69) is 296 Å². The number of aromatic nitrogens is 2. The van der Waals surface area contributed by atoms with Crippen molar-refractivity contribution in [2.45, 2.75) is 0 Å². The Morgan fingerprint density at radius 2 is 0.371 bits per heavy atom. The fourth-order valence-corrected chi connectivity index (χ4v) is 24.2. The molecular weight excluding hydrogens is 1470 g/mol. The Balaban J connectivity index is 0.961. The van der Waals surface area contributed by atoms with Crippen molar-refractivity contribution in [1.82, 2.24) is 4.75 Å². The second kappa shape index (κ2) is 19.9. The van der Waals surface area contributed by atoms with Crippen molar-refractivity contribution in [2.75, 3.05) is 0 Å². The van der Waals surface area contributed by atoms with Crippen LogP contribution in [-0.2, 0) is 0 Å². The van der Waals surface area contributed by atoms with E-state index >= 15 is 0 Å². The molecule has 6 heterocycles. The third-order valence-electron chi connectivity index (χ3n) is 23.7. The van der Waals surface area contributed by atoms with Gasteiger partial charge in [-0.25, -0.2) is 0 Å². The first-order valence-electron chi connectivity index (χ1n) is 35.9. The second-order valence-corrected chi connectivity index (χ2v) is 33.0. The van der Waals surface area contributed by atoms with Gasteiger partial charge < -0.3 is 0 Å². The van der Waals surface area contributed by atoms with Gasteiger partial charge in [0.1, 0.15) is 0 Å². The molecule has 0 N–H and O–H groups in total. The minimum atomic E-state index is -2.95. The van der Waals surface area contributed by atoms with Crippen molar-refractivity contribution in [3.63, 3.8) is 0 Å². The molecule has 0 fully saturated rings. The Morgan fingerprint density at radius 1 is 0.162 bits per heavy atom. The fourth-order valence-electron chi connectivity index (χ4n) is 19.4. The van der Waals surface area contributed by atoms with Crippen LogP contribution in [0.2, 0.25) is 0 Å². The quantitative estimate of drug-likeness (QED) is 0.107. The zero-order valence-electron chi connectivity index (χ0n) is 55.8. The van der Waals surface area contributed by atoms with Crippen LogP contribution < -0.4 is 11.0 Å². The number of nitrogens with zero attached hydrogens (tertiary/aromatic N) is 8. The summed E-state index contributed by atoms with van der Waals surface area (Å²) in [6, 6.07) is 108. The van der Waals surface area contributed by atoms with Gasteiger partial charge in [-0.3, -0.25) is 0 Å². The van der Waals surface area contributed by atoms with Crippen molar-refractivity contribution in [1.29, 1.82) is 0 Å². The number of hydrogen-bond acceptors (Lipinski definition) is 6. The van der Waals surface area contributed by atoms with Gasteiger partial charge in [-0.05, 0) is 0 Å². The second-order valence-electron chi connectivity index (χ2n) is 28.7. The van der Waals surface area contributed by atoms with E-state index in [0.29, 0.717) is 23.3 Å². The van der Waals surface area contributed by atoms with Crippen molar-refractivity contribution < 1.29 is 0 Å². The third kappa shape index (κ3) is 7.05. The third-order valence-corrected chi connectivity index (χ3v) is 28.5. The molecule has 6 bridgehead atoms. The van der Waals surface area contributed by atoms with E-state index in [1.54, 1.807) is 0 Å². The number of fused-ring (bicyclic) bond motifs is 50. The van der Waals surface area contributed by atoms with Crippen LogP contribution in [0.25, 0.3) is 194 Å². The SMILES string of the molecule is c1ccc2c(c1)ccc1c3c(c4ccc5ccccc5c4c12)C1=Nc2c4c5ccc6ccccc6c5c5c6ccccc6ccc5c4c4[n]2[Pb][n]2c(c5c6ccc7ccccc7c6c6c7ccccc7ccc6c5c2=NC2=NC(=N4)c4c2c2ccc5ccccc5c2c2c4ccc4ccccc42)=NC3=N1. The Hall–Kier alpha value is -13.2. The van der Waals surface area contributed by atoms with Gasteiger partial charge in [0.05, 0.1) is 0 Å². The van der Waals surface area contributed by atoms with Crippen LogP contribution in [0.5, 0.6) is 0 Å². The van der Waals surface area contributed by atoms with E-state index in [-0.39, 0.29) is 0 Å². The fraction of sp³-hybridized carbons (Fsp3) is 0. The van der Waals surface area contributed by atoms with Crippen molar-refractivity contribution in [2.24, 2.45) is 30.0 Å². The molecule has 4 aliphatic heterocycles. The molecule has 0 amide bonds. The first kappa shape index (κ1) is 55.5. The van der Waals surface area contributed by atoms with Gasteiger partial charge in [0.2, 0.25) is 0 Å². The standard InChI is InChI=1S/C96H48N8.Pb/c1-9-25-57-49(17-1)33-41-65-73(57)74-58-26-10-2-18-50(58)34-42-66(74)82-81(65)89-97-90(82)102-92-85-69-45-37-53-21-5-13-29-61(53)77(69)78-62-30-14-6-22-54(62)38-46-70(78)86(85)94(99-92)104-96-88-72-48-40-56-24-8-16-32-64(56)80(72)79-63-31-15-7-23-55(63)39-47-71(79)87(88)95(100-96)103-93-84-68-44-36-52-20-4-12-28-60(52)76(68)75-59-27-11-3-19-51(59)35-43-67(75)83(84)91(98-93)101-89;/h1-48H;/q-2;+2. The van der Waals surface area contributed by atoms with Crippen LogP contribution >= 0.6 is 0 Å². The van der Waals surface area contributed by atoms with E-state index in [0.717, 1.165) is 109 Å². The minimum absolute atomic E-state index is 0.618. The molecule has 8 nitrogen and oxygen atoms in total. The summed E-state index contributed by atoms with van der Waals surface area (Å²) in [6.45, 7) is 0. The number of benzene rings is 20. The van der Waals surface area contributed by atoms with Crippen LogP contribution in [0.1, 0.15) is 22.3 Å². The summed E-state index contributed by atoms with van der Waals surface area (Å²) in [7, 11) is 0. The van der Waals surface area contributed by atoms with E-state index < -0.39 is 24.8 Å². The number of rotatable bonds is 0. The van der Waals surface area contributed by atoms with Gasteiger partial charge in [0.25, 0.3) is 0 Å². The normalized spacial score (nSPS) is 14.1. The molecule has 105 heavy (non-hydrogen) atoms. The number of aliphatic imine (C=N–C) groups is 4. The molecule has 2 radical (unpaired) electrons. The topological polar surface area (TPSA) is 84.0 Å². The van der Waals surface area contributed by atoms with Crippen LogP contribution in [0.3, 0.4) is 0 Å². The Bertz CT molecular complexity index is 7900. The Morgan fingerprint density at radius 3 is 0.629 bits per heavy atom. The van der Waals surface area contributed by atoms with Gasteiger partial charge in [-0.1, -0.05) is 0 Å². The van der Waals surface area contributed by atoms with E-state index in [9.17, 15) is 0 Å². The molecule has 26 rings (SSSR count). The number of amidine groups is 4. The first-order valence-corrected chi connectivity index (χ1v) is 39.4. The summed E-state index contributed by atoms with van der Waals surface area (Å²) in [5, 5.41) is 40.9. The molecule has 20 aromatic carbocycles. The molecule has 0 spiro atoms. The molecule has 476 valence electrons. The van der Waals surface area contributed by atoms with Crippen LogP contribution in [0.4, 0.5) is 11.6 Å². The molecule has 0 atom stereocenters. The summed E-state index contributed by atoms with van der Waals surface area (Å²) in [5.74, 6) is 4.10. The monoisotopic (exact) mass is 1520 g/mol. The van der Waals surface area contributed by atoms with Crippen LogP contribution in [0.15, 0.2) is 321 Å². The van der Waals surface area contributed by atoms with Crippen molar-refractivity contribution >= 4 is 254 Å². The Kier molecular flexibility index (Phi) is 10.5. The van der Waals surface area contributed by atoms with Crippen molar-refractivity contribution in [3.05, 3.63) is 324 Å². The average Bonchev–Trinajstić information content (AvgIpc) is 1.57. The maximum atomic E-state index is 6.39. The molecule has 2 aromatic heterocycles. The molecule has 4 aliphatic rings. The molecule has 9 heteroatoms. The predicted molar refractivity (Wildman–Crippen MR) is 441 cm³/mol. The van der Waals surface area contributed by atoms with E-state index in [1.165, 1.54) is 129 Å². The van der Waals surface area contributed by atoms with Gasteiger partial charge >= 0.3 is 613 Å². The van der Waals surface area contributed by atoms with Gasteiger partial charge in [-0.2, -0.15) is 0 Å². The molecular formula is C96H48N8Pb. The summed E-state index contributed by atoms with van der Waals surface area (Å²) >= 11 is -2.95. The van der Waals surface area contributed by atoms with Crippen LogP contribution in [-0.4, -0.2) is 52.9 Å². The van der Waals surface area contributed by atoms with E-state index in [4.69, 9.17) is 30.0 Å². The Labute approximate surface area is 608 Å². The molecule has 22 aromatic rings. The summed E-state index contributed by atoms with van der Waals surface area (Å²) in [4.78, 5) is 37.7. The van der Waals surface area contributed by atoms with Gasteiger partial charge in [0.15, 0.2) is 0 Å². The molecule has 0 unspecified atom stereocenters. The summed E-state index contributed by atoms with van der Waals surface area (Å²) < 4.78 is 5.19. The maximum absolute atomic E-state index is 6.39. The molecule has 0 saturated carbocycles. The van der Waals surface area contributed by atoms with E-state index in [1.807, 2.05) is 0 Å². The summed E-state index contributed by atoms with van der Waals surface area (Å²) in [5.41, 5.74) is 5.47. The van der Waals surface area contributed by atoms with Crippen LogP contribution in [0, 0.1) is 0 Å². The summed E-state index contributed by atoms with van der Waals surface area (Å²) in [6.07, 6.45) is 0. The van der Waals surface area contributed by atoms with Gasteiger partial charge in [0, 0.05) is 0 Å². The zero-order chi connectivity index (χ0) is 67.8.